The van der Waals surface area contributed by atoms with E-state index in [1.165, 1.54) is 24.3 Å². The Balaban J connectivity index is 1.87. The molecule has 2 aromatic rings. The number of aliphatic hydroxyl groups is 1. The molecule has 2 unspecified atom stereocenters. The van der Waals surface area contributed by atoms with E-state index in [1.54, 1.807) is 32.0 Å². The van der Waals surface area contributed by atoms with Crippen molar-refractivity contribution in [2.75, 3.05) is 13.2 Å². The van der Waals surface area contributed by atoms with Gasteiger partial charge in [-0.1, -0.05) is 43.1 Å². The molecule has 30 heavy (non-hydrogen) atoms. The molecule has 6 nitrogen and oxygen atoms in total. The lowest BCUT2D eigenvalue weighted by atomic mass is 10.0. The van der Waals surface area contributed by atoms with Crippen molar-refractivity contribution in [3.05, 3.63) is 63.9 Å². The largest absolute Gasteiger partial charge is 0.489 e. The van der Waals surface area contributed by atoms with Gasteiger partial charge in [0.25, 0.3) is 5.91 Å². The van der Waals surface area contributed by atoms with Crippen LogP contribution in [0.5, 0.6) is 5.75 Å². The molecule has 2 aromatic carbocycles. The minimum absolute atomic E-state index is 0.0906. The van der Waals surface area contributed by atoms with E-state index < -0.39 is 29.8 Å². The van der Waals surface area contributed by atoms with Crippen molar-refractivity contribution in [1.82, 2.24) is 10.6 Å². The highest BCUT2D eigenvalue weighted by Crippen LogP contribution is 2.31. The van der Waals surface area contributed by atoms with Crippen molar-refractivity contribution < 1.29 is 23.8 Å². The summed E-state index contributed by atoms with van der Waals surface area (Å²) in [7, 11) is 0. The number of carbonyl (C=O) groups is 2. The van der Waals surface area contributed by atoms with Crippen molar-refractivity contribution >= 4 is 35.0 Å². The van der Waals surface area contributed by atoms with Crippen molar-refractivity contribution in [1.29, 1.82) is 0 Å². The molecule has 0 aliphatic carbocycles. The number of benzene rings is 2. The van der Waals surface area contributed by atoms with Gasteiger partial charge in [0.1, 0.15) is 35.3 Å². The Morgan fingerprint density at radius 1 is 1.13 bits per heavy atom. The van der Waals surface area contributed by atoms with Crippen LogP contribution in [0.3, 0.4) is 0 Å². The van der Waals surface area contributed by atoms with E-state index in [-0.39, 0.29) is 29.7 Å². The molecule has 0 aliphatic rings. The highest BCUT2D eigenvalue weighted by molar-refractivity contribution is 6.42. The van der Waals surface area contributed by atoms with Crippen LogP contribution in [0.4, 0.5) is 4.39 Å². The third-order valence-electron chi connectivity index (χ3n) is 4.20. The van der Waals surface area contributed by atoms with Gasteiger partial charge in [-0.3, -0.25) is 9.59 Å². The Morgan fingerprint density at radius 3 is 2.43 bits per heavy atom. The second kappa shape index (κ2) is 11.2. The smallest absolute Gasteiger partial charge is 0.251 e. The molecule has 0 spiro atoms. The molecular formula is C21H23Cl2FN2O4. The first-order valence-electron chi connectivity index (χ1n) is 9.28. The summed E-state index contributed by atoms with van der Waals surface area (Å²) in [5, 5.41) is 15.9. The highest BCUT2D eigenvalue weighted by atomic mass is 35.5. The van der Waals surface area contributed by atoms with Gasteiger partial charge in [0.05, 0.1) is 5.02 Å². The quantitative estimate of drug-likeness (QED) is 0.539. The molecule has 0 aliphatic heterocycles. The first-order valence-corrected chi connectivity index (χ1v) is 10.0. The molecule has 0 saturated carbocycles. The molecular weight excluding hydrogens is 434 g/mol. The maximum atomic E-state index is 13.0. The van der Waals surface area contributed by atoms with Crippen molar-refractivity contribution in [2.24, 2.45) is 5.92 Å². The molecule has 2 amide bonds. The first kappa shape index (κ1) is 23.9. The monoisotopic (exact) mass is 456 g/mol. The average Bonchev–Trinajstić information content (AvgIpc) is 2.71. The second-order valence-electron chi connectivity index (χ2n) is 6.96. The summed E-state index contributed by atoms with van der Waals surface area (Å²) in [4.78, 5) is 24.8. The number of aliphatic hydroxyl groups excluding tert-OH is 1. The van der Waals surface area contributed by atoms with Crippen LogP contribution in [0, 0.1) is 11.7 Å². The van der Waals surface area contributed by atoms with Gasteiger partial charge in [-0.2, -0.15) is 0 Å². The summed E-state index contributed by atoms with van der Waals surface area (Å²) in [6.45, 7) is 3.34. The third-order valence-corrected chi connectivity index (χ3v) is 5.00. The van der Waals surface area contributed by atoms with E-state index in [0.717, 1.165) is 0 Å². The van der Waals surface area contributed by atoms with Gasteiger partial charge in [0.15, 0.2) is 0 Å². The molecule has 2 atom stereocenters. The second-order valence-corrected chi connectivity index (χ2v) is 7.75. The van der Waals surface area contributed by atoms with Crippen LogP contribution in [0.25, 0.3) is 0 Å². The molecule has 0 heterocycles. The van der Waals surface area contributed by atoms with Gasteiger partial charge >= 0.3 is 0 Å². The molecule has 0 saturated heterocycles. The molecule has 0 bridgehead atoms. The summed E-state index contributed by atoms with van der Waals surface area (Å²) >= 11 is 11.9. The third kappa shape index (κ3) is 6.86. The van der Waals surface area contributed by atoms with Gasteiger partial charge in [0.2, 0.25) is 5.91 Å². The zero-order valence-electron chi connectivity index (χ0n) is 16.5. The van der Waals surface area contributed by atoms with Crippen molar-refractivity contribution in [3.63, 3.8) is 0 Å². The summed E-state index contributed by atoms with van der Waals surface area (Å²) in [6.07, 6.45) is -1.01. The number of ether oxygens (including phenoxy) is 1. The number of halogens is 3. The van der Waals surface area contributed by atoms with Crippen LogP contribution in [-0.4, -0.2) is 42.2 Å². The lowest BCUT2D eigenvalue weighted by Crippen LogP contribution is -2.51. The van der Waals surface area contributed by atoms with Crippen LogP contribution >= 0.6 is 23.2 Å². The van der Waals surface area contributed by atoms with Crippen LogP contribution in [-0.2, 0) is 4.79 Å². The minimum atomic E-state index is -1.01. The lowest BCUT2D eigenvalue weighted by molar-refractivity contribution is -0.124. The molecule has 0 radical (unpaired) electrons. The highest BCUT2D eigenvalue weighted by Gasteiger charge is 2.25. The van der Waals surface area contributed by atoms with E-state index in [9.17, 15) is 19.1 Å². The fourth-order valence-electron chi connectivity index (χ4n) is 2.53. The Bertz CT molecular complexity index is 878. The standard InChI is InChI=1S/C21H23Cl2FN2O4/c1-12(2)19(26-20(28)13-6-8-14(24)9-7-13)21(29)25-10-15(27)11-30-17-5-3-4-16(22)18(17)23/h3-9,12,15,19,27H,10-11H2,1-2H3,(H,25,29)(H,26,28). The number of carbonyl (C=O) groups excluding carboxylic acids is 2. The predicted octanol–water partition coefficient (Wildman–Crippen LogP) is 3.44. The summed E-state index contributed by atoms with van der Waals surface area (Å²) in [6, 6.07) is 9.06. The van der Waals surface area contributed by atoms with E-state index in [4.69, 9.17) is 27.9 Å². The van der Waals surface area contributed by atoms with Crippen molar-refractivity contribution in [2.45, 2.75) is 26.0 Å². The SMILES string of the molecule is CC(C)C(NC(=O)c1ccc(F)cc1)C(=O)NCC(O)COc1cccc(Cl)c1Cl. The van der Waals surface area contributed by atoms with Gasteiger partial charge < -0.3 is 20.5 Å². The van der Waals surface area contributed by atoms with Crippen LogP contribution in [0.1, 0.15) is 24.2 Å². The van der Waals surface area contributed by atoms with E-state index >= 15 is 0 Å². The molecule has 162 valence electrons. The fourth-order valence-corrected chi connectivity index (χ4v) is 2.88. The molecule has 0 fully saturated rings. The van der Waals surface area contributed by atoms with E-state index in [1.807, 2.05) is 0 Å². The average molecular weight is 457 g/mol. The summed E-state index contributed by atoms with van der Waals surface area (Å²) in [5.74, 6) is -1.31. The summed E-state index contributed by atoms with van der Waals surface area (Å²) in [5.41, 5.74) is 0.238. The van der Waals surface area contributed by atoms with Crippen LogP contribution in [0.2, 0.25) is 10.0 Å². The van der Waals surface area contributed by atoms with Crippen LogP contribution < -0.4 is 15.4 Å². The number of nitrogens with one attached hydrogen (secondary N) is 2. The number of amides is 2. The molecule has 0 aromatic heterocycles. The van der Waals surface area contributed by atoms with E-state index in [2.05, 4.69) is 10.6 Å². The van der Waals surface area contributed by atoms with E-state index in [0.29, 0.717) is 10.8 Å². The van der Waals surface area contributed by atoms with Crippen molar-refractivity contribution in [3.8, 4) is 5.75 Å². The zero-order valence-corrected chi connectivity index (χ0v) is 18.0. The normalized spacial score (nSPS) is 12.9. The number of rotatable bonds is 9. The molecule has 3 N–H and O–H groups in total. The number of hydrogen-bond acceptors (Lipinski definition) is 4. The topological polar surface area (TPSA) is 87.7 Å². The fraction of sp³-hybridized carbons (Fsp3) is 0.333. The Morgan fingerprint density at radius 2 is 1.80 bits per heavy atom. The summed E-state index contributed by atoms with van der Waals surface area (Å²) < 4.78 is 18.4. The van der Waals surface area contributed by atoms with Gasteiger partial charge in [0, 0.05) is 12.1 Å². The first-order chi connectivity index (χ1) is 14.2. The van der Waals surface area contributed by atoms with Crippen LogP contribution in [0.15, 0.2) is 42.5 Å². The molecule has 2 rings (SSSR count). The Labute approximate surface area is 184 Å². The molecule has 9 heteroatoms. The maximum Gasteiger partial charge on any atom is 0.251 e. The Kier molecular flexibility index (Phi) is 8.89. The van der Waals surface area contributed by atoms with Gasteiger partial charge in [-0.05, 0) is 42.3 Å². The lowest BCUT2D eigenvalue weighted by Gasteiger charge is -2.22. The Hall–Kier alpha value is -2.35. The maximum absolute atomic E-state index is 13.0. The van der Waals surface area contributed by atoms with Gasteiger partial charge in [-0.15, -0.1) is 0 Å². The zero-order chi connectivity index (χ0) is 22.3. The number of hydrogen-bond donors (Lipinski definition) is 3. The minimum Gasteiger partial charge on any atom is -0.489 e. The van der Waals surface area contributed by atoms with Gasteiger partial charge in [-0.25, -0.2) is 4.39 Å². The predicted molar refractivity (Wildman–Crippen MR) is 113 cm³/mol.